The third-order valence-electron chi connectivity index (χ3n) is 1.38. The molecule has 0 aromatic heterocycles. The van der Waals surface area contributed by atoms with Crippen molar-refractivity contribution in [1.29, 1.82) is 0 Å². The summed E-state index contributed by atoms with van der Waals surface area (Å²) in [5.74, 6) is -0.864. The van der Waals surface area contributed by atoms with E-state index in [9.17, 15) is 13.2 Å². The maximum atomic E-state index is 10.8. The summed E-state index contributed by atoms with van der Waals surface area (Å²) in [6.07, 6.45) is 1.07. The van der Waals surface area contributed by atoms with Gasteiger partial charge in [-0.1, -0.05) is 0 Å². The Morgan fingerprint density at radius 2 is 2.00 bits per heavy atom. The van der Waals surface area contributed by atoms with Crippen LogP contribution in [0.15, 0.2) is 0 Å². The van der Waals surface area contributed by atoms with Gasteiger partial charge in [-0.2, -0.15) is 8.42 Å². The van der Waals surface area contributed by atoms with Crippen molar-refractivity contribution >= 4 is 16.2 Å². The number of aliphatic carboxylic acids is 1. The van der Waals surface area contributed by atoms with Crippen molar-refractivity contribution in [3.63, 3.8) is 0 Å². The third kappa shape index (κ3) is 7.69. The highest BCUT2D eigenvalue weighted by molar-refractivity contribution is 7.87. The van der Waals surface area contributed by atoms with Crippen LogP contribution in [-0.4, -0.2) is 33.1 Å². The fourth-order valence-electron chi connectivity index (χ4n) is 0.680. The molecular formula is C6H14N2O4S. The predicted octanol–water partition coefficient (Wildman–Crippen LogP) is -0.705. The van der Waals surface area contributed by atoms with Gasteiger partial charge in [0.2, 0.25) is 0 Å². The lowest BCUT2D eigenvalue weighted by molar-refractivity contribution is -0.137. The molecule has 0 rings (SSSR count). The van der Waals surface area contributed by atoms with Crippen molar-refractivity contribution in [3.8, 4) is 0 Å². The molecule has 0 fully saturated rings. The Bertz CT molecular complexity index is 249. The third-order valence-corrected chi connectivity index (χ3v) is 2.50. The van der Waals surface area contributed by atoms with Crippen LogP contribution in [0.4, 0.5) is 0 Å². The van der Waals surface area contributed by atoms with Gasteiger partial charge in [-0.05, 0) is 12.8 Å². The van der Waals surface area contributed by atoms with E-state index in [1.54, 1.807) is 0 Å². The molecule has 0 aromatic carbocycles. The van der Waals surface area contributed by atoms with Crippen LogP contribution in [0.2, 0.25) is 0 Å². The molecule has 0 unspecified atom stereocenters. The van der Waals surface area contributed by atoms with Crippen LogP contribution in [0.25, 0.3) is 0 Å². The molecule has 0 atom stereocenters. The highest BCUT2D eigenvalue weighted by Crippen LogP contribution is 1.93. The summed E-state index contributed by atoms with van der Waals surface area (Å²) in [5.41, 5.74) is 0. The normalized spacial score (nSPS) is 11.5. The zero-order chi connectivity index (χ0) is 10.3. The van der Waals surface area contributed by atoms with E-state index in [0.29, 0.717) is 12.8 Å². The molecule has 13 heavy (non-hydrogen) atoms. The maximum absolute atomic E-state index is 10.8. The summed E-state index contributed by atoms with van der Waals surface area (Å²) >= 11 is 0. The molecule has 0 heterocycles. The van der Waals surface area contributed by atoms with Crippen LogP contribution >= 0.6 is 0 Å². The van der Waals surface area contributed by atoms with Gasteiger partial charge in [0, 0.05) is 20.0 Å². The lowest BCUT2D eigenvalue weighted by Crippen LogP contribution is -2.34. The molecule has 0 spiro atoms. The highest BCUT2D eigenvalue weighted by Gasteiger charge is 2.03. The average Bonchev–Trinajstić information content (AvgIpc) is 2.03. The summed E-state index contributed by atoms with van der Waals surface area (Å²) < 4.78 is 25.9. The molecule has 0 aliphatic carbocycles. The van der Waals surface area contributed by atoms with Crippen LogP contribution in [0.3, 0.4) is 0 Å². The van der Waals surface area contributed by atoms with Crippen molar-refractivity contribution in [3.05, 3.63) is 0 Å². The van der Waals surface area contributed by atoms with Gasteiger partial charge in [0.05, 0.1) is 0 Å². The number of nitrogens with one attached hydrogen (secondary N) is 2. The van der Waals surface area contributed by atoms with Gasteiger partial charge in [0.1, 0.15) is 0 Å². The van der Waals surface area contributed by atoms with E-state index in [1.807, 2.05) is 0 Å². The van der Waals surface area contributed by atoms with Crippen LogP contribution in [0, 0.1) is 0 Å². The lowest BCUT2D eigenvalue weighted by atomic mass is 10.2. The zero-order valence-corrected chi connectivity index (χ0v) is 8.23. The van der Waals surface area contributed by atoms with Gasteiger partial charge < -0.3 is 5.11 Å². The number of hydrogen-bond acceptors (Lipinski definition) is 3. The molecule has 3 N–H and O–H groups in total. The van der Waals surface area contributed by atoms with Crippen LogP contribution in [0.1, 0.15) is 19.3 Å². The van der Waals surface area contributed by atoms with Gasteiger partial charge >= 0.3 is 5.97 Å². The van der Waals surface area contributed by atoms with Crippen molar-refractivity contribution < 1.29 is 18.3 Å². The second-order valence-corrected chi connectivity index (χ2v) is 4.16. The molecule has 0 radical (unpaired) electrons. The minimum atomic E-state index is -3.37. The van der Waals surface area contributed by atoms with Gasteiger partial charge in [-0.25, -0.2) is 9.44 Å². The molecule has 0 amide bonds. The smallest absolute Gasteiger partial charge is 0.303 e. The molecule has 0 bridgehead atoms. The van der Waals surface area contributed by atoms with Gasteiger partial charge in [0.15, 0.2) is 0 Å². The highest BCUT2D eigenvalue weighted by atomic mass is 32.2. The zero-order valence-electron chi connectivity index (χ0n) is 7.41. The Labute approximate surface area is 77.5 Å². The largest absolute Gasteiger partial charge is 0.481 e. The average molecular weight is 210 g/mol. The van der Waals surface area contributed by atoms with E-state index >= 15 is 0 Å². The standard InChI is InChI=1S/C6H14N2O4S/c1-7-13(11,12)8-5-3-2-4-6(9)10/h7-8H,2-5H2,1H3,(H,9,10). The summed E-state index contributed by atoms with van der Waals surface area (Å²) in [7, 11) is -2.06. The Kier molecular flexibility index (Phi) is 5.60. The van der Waals surface area contributed by atoms with E-state index in [0.717, 1.165) is 0 Å². The summed E-state index contributed by atoms with van der Waals surface area (Å²) in [5, 5.41) is 8.27. The second-order valence-electron chi connectivity index (χ2n) is 2.45. The van der Waals surface area contributed by atoms with E-state index in [1.165, 1.54) is 7.05 Å². The van der Waals surface area contributed by atoms with Crippen molar-refractivity contribution in [2.75, 3.05) is 13.6 Å². The van der Waals surface area contributed by atoms with E-state index < -0.39 is 16.2 Å². The fourth-order valence-corrected chi connectivity index (χ4v) is 1.24. The molecule has 0 aromatic rings. The number of carboxylic acids is 1. The van der Waals surface area contributed by atoms with Gasteiger partial charge in [0.25, 0.3) is 10.2 Å². The van der Waals surface area contributed by atoms with Crippen LogP contribution in [-0.2, 0) is 15.0 Å². The molecule has 6 nitrogen and oxygen atoms in total. The summed E-state index contributed by atoms with van der Waals surface area (Å²) in [6.45, 7) is 0.260. The second kappa shape index (κ2) is 5.90. The molecule has 0 saturated heterocycles. The molecule has 0 aliphatic heterocycles. The first-order chi connectivity index (χ1) is 5.98. The number of carboxylic acid groups (broad SMARTS) is 1. The number of carbonyl (C=O) groups is 1. The van der Waals surface area contributed by atoms with Crippen molar-refractivity contribution in [2.24, 2.45) is 0 Å². The maximum Gasteiger partial charge on any atom is 0.303 e. The Balaban J connectivity index is 3.42. The Morgan fingerprint density at radius 1 is 1.38 bits per heavy atom. The number of unbranched alkanes of at least 4 members (excludes halogenated alkanes) is 1. The SMILES string of the molecule is CNS(=O)(=O)NCCCCC(=O)O. The molecular weight excluding hydrogens is 196 g/mol. The first-order valence-corrected chi connectivity index (χ1v) is 5.36. The predicted molar refractivity (Wildman–Crippen MR) is 47.5 cm³/mol. The quantitative estimate of drug-likeness (QED) is 0.484. The van der Waals surface area contributed by atoms with Crippen molar-refractivity contribution in [1.82, 2.24) is 9.44 Å². The van der Waals surface area contributed by atoms with Crippen LogP contribution < -0.4 is 9.44 Å². The van der Waals surface area contributed by atoms with Gasteiger partial charge in [-0.3, -0.25) is 4.79 Å². The lowest BCUT2D eigenvalue weighted by Gasteiger charge is -2.03. The number of hydrogen-bond donors (Lipinski definition) is 3. The molecule has 78 valence electrons. The van der Waals surface area contributed by atoms with E-state index in [-0.39, 0.29) is 13.0 Å². The topological polar surface area (TPSA) is 95.5 Å². The van der Waals surface area contributed by atoms with E-state index in [4.69, 9.17) is 5.11 Å². The number of rotatable bonds is 7. The summed E-state index contributed by atoms with van der Waals surface area (Å²) in [6, 6.07) is 0. The fraction of sp³-hybridized carbons (Fsp3) is 0.833. The minimum absolute atomic E-state index is 0.0707. The molecule has 0 aliphatic rings. The first kappa shape index (κ1) is 12.3. The van der Waals surface area contributed by atoms with E-state index in [2.05, 4.69) is 9.44 Å². The molecule has 0 saturated carbocycles. The van der Waals surface area contributed by atoms with Gasteiger partial charge in [-0.15, -0.1) is 0 Å². The van der Waals surface area contributed by atoms with Crippen molar-refractivity contribution in [2.45, 2.75) is 19.3 Å². The van der Waals surface area contributed by atoms with Crippen LogP contribution in [0.5, 0.6) is 0 Å². The molecule has 7 heteroatoms. The monoisotopic (exact) mass is 210 g/mol. The minimum Gasteiger partial charge on any atom is -0.481 e. The first-order valence-electron chi connectivity index (χ1n) is 3.88. The Morgan fingerprint density at radius 3 is 2.46 bits per heavy atom. The summed E-state index contributed by atoms with van der Waals surface area (Å²) in [4.78, 5) is 10.1. The Hall–Kier alpha value is -0.660.